The molecular formula is C23H16ClN5O3S. The number of carbonyl (C=O) groups is 1. The minimum Gasteiger partial charge on any atom is -0.298 e. The van der Waals surface area contributed by atoms with Gasteiger partial charge in [-0.3, -0.25) is 25.2 Å². The predicted molar refractivity (Wildman–Crippen MR) is 127 cm³/mol. The number of hydrazone groups is 1. The van der Waals surface area contributed by atoms with Crippen molar-refractivity contribution in [1.82, 2.24) is 10.3 Å². The van der Waals surface area contributed by atoms with E-state index in [2.05, 4.69) is 10.4 Å². The van der Waals surface area contributed by atoms with E-state index in [4.69, 9.17) is 16.6 Å². The van der Waals surface area contributed by atoms with Gasteiger partial charge in [-0.1, -0.05) is 59.8 Å². The number of nitro groups is 1. The van der Waals surface area contributed by atoms with Gasteiger partial charge in [0.25, 0.3) is 11.6 Å². The van der Waals surface area contributed by atoms with Gasteiger partial charge in [-0.25, -0.2) is 5.01 Å². The molecule has 2 aliphatic heterocycles. The molecule has 0 aromatic heterocycles. The Kier molecular flexibility index (Phi) is 5.57. The molecule has 0 fully saturated rings. The minimum absolute atomic E-state index is 0.0185. The molecule has 0 unspecified atom stereocenters. The Morgan fingerprint density at radius 3 is 2.55 bits per heavy atom. The van der Waals surface area contributed by atoms with E-state index in [0.29, 0.717) is 37.8 Å². The molecular weight excluding hydrogens is 462 g/mol. The van der Waals surface area contributed by atoms with E-state index in [9.17, 15) is 14.9 Å². The number of amidine groups is 1. The first-order valence-electron chi connectivity index (χ1n) is 9.98. The van der Waals surface area contributed by atoms with Crippen LogP contribution in [0.4, 0.5) is 5.69 Å². The maximum atomic E-state index is 13.2. The normalized spacial score (nSPS) is 16.8. The average Bonchev–Trinajstić information content (AvgIpc) is 2.83. The fourth-order valence-electron chi connectivity index (χ4n) is 3.64. The molecule has 1 atom stereocenters. The molecule has 2 heterocycles. The standard InChI is InChI=1S/C23H16ClN5O3S/c24-18-7-3-1-5-15(18)13-33-23-26-22(30)20-17-6-2-4-8-19(17)25-21(28(20)27-23)14-9-11-16(12-10-14)29(31)32/h1-12,21H,13H2,(H,26,27,30)/t21-/m0/s1. The van der Waals surface area contributed by atoms with E-state index in [1.165, 1.54) is 23.9 Å². The third-order valence-electron chi connectivity index (χ3n) is 5.24. The summed E-state index contributed by atoms with van der Waals surface area (Å²) in [6.07, 6.45) is -0.641. The summed E-state index contributed by atoms with van der Waals surface area (Å²) in [6.45, 7) is 0. The van der Waals surface area contributed by atoms with Gasteiger partial charge in [0.05, 0.1) is 10.3 Å². The number of hydrogen-bond donors (Lipinski definition) is 1. The number of carbonyl (C=O) groups excluding carboxylic acids is 1. The number of nitro benzene ring substituents is 1. The van der Waals surface area contributed by atoms with Crippen LogP contribution in [0, 0.1) is 10.1 Å². The van der Waals surface area contributed by atoms with Crippen LogP contribution in [0.3, 0.4) is 0 Å². The zero-order valence-corrected chi connectivity index (χ0v) is 18.6. The molecule has 3 aromatic rings. The molecule has 0 aliphatic carbocycles. The molecule has 0 spiro atoms. The molecule has 0 bridgehead atoms. The first kappa shape index (κ1) is 21.2. The molecule has 2 aliphatic rings. The van der Waals surface area contributed by atoms with Crippen LogP contribution in [0.2, 0.25) is 5.02 Å². The number of nitrogens with zero attached hydrogens (tertiary/aromatic N) is 4. The highest BCUT2D eigenvalue weighted by Crippen LogP contribution is 2.32. The number of rotatable bonds is 4. The maximum Gasteiger partial charge on any atom is 0.276 e. The van der Waals surface area contributed by atoms with Gasteiger partial charge in [0, 0.05) is 28.1 Å². The lowest BCUT2D eigenvalue weighted by Crippen LogP contribution is -2.50. The van der Waals surface area contributed by atoms with Gasteiger partial charge in [0.2, 0.25) is 0 Å². The van der Waals surface area contributed by atoms with E-state index in [1.807, 2.05) is 48.5 Å². The van der Waals surface area contributed by atoms with E-state index in [-0.39, 0.29) is 11.6 Å². The van der Waals surface area contributed by atoms with Crippen molar-refractivity contribution < 1.29 is 9.72 Å². The Bertz CT molecular complexity index is 1420. The topological polar surface area (TPSA) is 100 Å². The first-order valence-corrected chi connectivity index (χ1v) is 11.3. The van der Waals surface area contributed by atoms with Crippen LogP contribution in [0.1, 0.15) is 17.3 Å². The largest absolute Gasteiger partial charge is 0.298 e. The summed E-state index contributed by atoms with van der Waals surface area (Å²) in [5.41, 5.74) is 1.97. The van der Waals surface area contributed by atoms with Gasteiger partial charge in [-0.2, -0.15) is 0 Å². The van der Waals surface area contributed by atoms with Crippen molar-refractivity contribution in [3.63, 3.8) is 0 Å². The molecule has 33 heavy (non-hydrogen) atoms. The van der Waals surface area contributed by atoms with Crippen LogP contribution in [-0.2, 0) is 10.5 Å². The van der Waals surface area contributed by atoms with Crippen LogP contribution < -0.4 is 15.9 Å². The third-order valence-corrected chi connectivity index (χ3v) is 6.52. The highest BCUT2D eigenvalue weighted by Gasteiger charge is 2.34. The molecule has 0 saturated carbocycles. The van der Waals surface area contributed by atoms with Crippen LogP contribution >= 0.6 is 23.4 Å². The van der Waals surface area contributed by atoms with Gasteiger partial charge in [0.1, 0.15) is 5.70 Å². The second-order valence-electron chi connectivity index (χ2n) is 7.30. The van der Waals surface area contributed by atoms with Gasteiger partial charge < -0.3 is 0 Å². The van der Waals surface area contributed by atoms with Crippen LogP contribution in [0.15, 0.2) is 82.9 Å². The second kappa shape index (κ2) is 8.68. The number of halogens is 1. The monoisotopic (exact) mass is 477 g/mol. The lowest BCUT2D eigenvalue weighted by molar-refractivity contribution is -0.384. The average molecular weight is 478 g/mol. The smallest absolute Gasteiger partial charge is 0.276 e. The Labute approximate surface area is 197 Å². The molecule has 10 heteroatoms. The number of benzene rings is 3. The molecule has 164 valence electrons. The zero-order valence-electron chi connectivity index (χ0n) is 17.0. The Hall–Kier alpha value is -3.69. The third kappa shape index (κ3) is 4.08. The predicted octanol–water partition coefficient (Wildman–Crippen LogP) is 3.32. The summed E-state index contributed by atoms with van der Waals surface area (Å²) in [5.74, 6) is 0.235. The van der Waals surface area contributed by atoms with Crippen molar-refractivity contribution in [2.75, 3.05) is 0 Å². The fourth-order valence-corrected chi connectivity index (χ4v) is 4.78. The second-order valence-corrected chi connectivity index (χ2v) is 8.67. The minimum atomic E-state index is -0.641. The number of nitrogens with one attached hydrogen (secondary N) is 1. The van der Waals surface area contributed by atoms with E-state index < -0.39 is 11.1 Å². The maximum absolute atomic E-state index is 13.2. The van der Waals surface area contributed by atoms with Crippen molar-refractivity contribution in [2.45, 2.75) is 11.9 Å². The summed E-state index contributed by atoms with van der Waals surface area (Å²) < 4.78 is 0. The zero-order chi connectivity index (χ0) is 22.9. The van der Waals surface area contributed by atoms with Crippen molar-refractivity contribution >= 4 is 45.8 Å². The van der Waals surface area contributed by atoms with Gasteiger partial charge in [0.15, 0.2) is 11.3 Å². The SMILES string of the molecule is O=C1NC(SCc2ccccc2Cl)=NN2C1=c1ccccc1=N[C@@H]2c1ccc([N+](=O)[O-])cc1. The van der Waals surface area contributed by atoms with E-state index in [0.717, 1.165) is 5.56 Å². The molecule has 0 radical (unpaired) electrons. The molecule has 1 N–H and O–H groups in total. The van der Waals surface area contributed by atoms with Crippen molar-refractivity contribution in [1.29, 1.82) is 0 Å². The number of hydrogen-bond acceptors (Lipinski definition) is 7. The van der Waals surface area contributed by atoms with E-state index in [1.54, 1.807) is 17.1 Å². The van der Waals surface area contributed by atoms with Crippen LogP contribution in [0.25, 0.3) is 5.70 Å². The number of fused-ring (bicyclic) bond motifs is 2. The van der Waals surface area contributed by atoms with Gasteiger partial charge >= 0.3 is 0 Å². The number of non-ortho nitro benzene ring substituents is 1. The molecule has 0 saturated heterocycles. The summed E-state index contributed by atoms with van der Waals surface area (Å²) in [5, 5.41) is 22.6. The summed E-state index contributed by atoms with van der Waals surface area (Å²) in [4.78, 5) is 28.6. The van der Waals surface area contributed by atoms with E-state index >= 15 is 0 Å². The molecule has 8 nitrogen and oxygen atoms in total. The fraction of sp³-hybridized carbons (Fsp3) is 0.0870. The highest BCUT2D eigenvalue weighted by atomic mass is 35.5. The number of thioether (sulfide) groups is 1. The quantitative estimate of drug-likeness (QED) is 0.459. The Morgan fingerprint density at radius 1 is 1.06 bits per heavy atom. The Balaban J connectivity index is 1.55. The van der Waals surface area contributed by atoms with Crippen molar-refractivity contribution in [2.24, 2.45) is 10.1 Å². The lowest BCUT2D eigenvalue weighted by atomic mass is 10.1. The summed E-state index contributed by atoms with van der Waals surface area (Å²) in [7, 11) is 0. The molecule has 1 amide bonds. The molecule has 5 rings (SSSR count). The van der Waals surface area contributed by atoms with Crippen molar-refractivity contribution in [3.05, 3.63) is 110 Å². The number of amides is 1. The summed E-state index contributed by atoms with van der Waals surface area (Å²) >= 11 is 7.61. The van der Waals surface area contributed by atoms with Gasteiger partial charge in [-0.05, 0) is 35.4 Å². The highest BCUT2D eigenvalue weighted by molar-refractivity contribution is 8.13. The van der Waals surface area contributed by atoms with Crippen LogP contribution in [0.5, 0.6) is 0 Å². The summed E-state index contributed by atoms with van der Waals surface area (Å²) in [6, 6.07) is 21.0. The number of para-hydroxylation sites is 1. The molecule has 3 aromatic carbocycles. The Morgan fingerprint density at radius 2 is 1.79 bits per heavy atom. The lowest BCUT2D eigenvalue weighted by Gasteiger charge is -2.34. The first-order chi connectivity index (χ1) is 16.0. The van der Waals surface area contributed by atoms with Crippen molar-refractivity contribution in [3.8, 4) is 0 Å². The van der Waals surface area contributed by atoms with Gasteiger partial charge in [-0.15, -0.1) is 5.10 Å². The van der Waals surface area contributed by atoms with Crippen LogP contribution in [-0.4, -0.2) is 21.0 Å².